The van der Waals surface area contributed by atoms with Gasteiger partial charge >= 0.3 is 6.18 Å². The zero-order chi connectivity index (χ0) is 23.1. The monoisotopic (exact) mass is 509 g/mol. The minimum atomic E-state index is -4.82. The number of alkyl halides is 3. The first-order chi connectivity index (χ1) is 14.3. The molecule has 0 amide bonds. The van der Waals surface area contributed by atoms with Crippen LogP contribution in [0.4, 0.5) is 26.3 Å². The number of halogens is 7. The van der Waals surface area contributed by atoms with Crippen LogP contribution in [0.5, 0.6) is 0 Å². The van der Waals surface area contributed by atoms with E-state index in [1.165, 1.54) is 6.20 Å². The lowest BCUT2D eigenvalue weighted by Gasteiger charge is -2.36. The summed E-state index contributed by atoms with van der Waals surface area (Å²) in [5.41, 5.74) is 2.26. The maximum Gasteiger partial charge on any atom is 0.425 e. The van der Waals surface area contributed by atoms with Gasteiger partial charge in [0.1, 0.15) is 5.69 Å². The van der Waals surface area contributed by atoms with Crippen molar-refractivity contribution >= 4 is 27.7 Å². The molecule has 0 bridgehead atoms. The van der Waals surface area contributed by atoms with Gasteiger partial charge in [-0.25, -0.2) is 23.1 Å². The number of hydrogen-bond acceptors (Lipinski definition) is 5. The molecule has 31 heavy (non-hydrogen) atoms. The SMILES string of the molecule is C[C@@]1(c2cc(CC(=O)c3ncc(Br)cc3F)cc(F)c2F)C[C@@H](C(F)(F)F)OC(N)=N1. The third-order valence-electron chi connectivity index (χ3n) is 4.67. The Morgan fingerprint density at radius 3 is 2.55 bits per heavy atom. The molecule has 0 saturated heterocycles. The van der Waals surface area contributed by atoms with Crippen molar-refractivity contribution in [1.82, 2.24) is 4.98 Å². The summed E-state index contributed by atoms with van der Waals surface area (Å²) in [5.74, 6) is -4.61. The Balaban J connectivity index is 1.99. The summed E-state index contributed by atoms with van der Waals surface area (Å²) in [6.45, 7) is 1.14. The number of ketones is 1. The first-order valence-electron chi connectivity index (χ1n) is 8.71. The maximum absolute atomic E-state index is 14.6. The Labute approximate surface area is 180 Å². The molecule has 1 aliphatic rings. The Hall–Kier alpha value is -2.63. The number of rotatable bonds is 4. The molecule has 5 nitrogen and oxygen atoms in total. The van der Waals surface area contributed by atoms with Crippen LogP contribution in [0.15, 0.2) is 33.9 Å². The fourth-order valence-electron chi connectivity index (χ4n) is 3.24. The Morgan fingerprint density at radius 1 is 1.26 bits per heavy atom. The number of aromatic nitrogens is 1. The van der Waals surface area contributed by atoms with E-state index in [0.717, 1.165) is 19.1 Å². The molecule has 2 aromatic rings. The smallest absolute Gasteiger partial charge is 0.425 e. The van der Waals surface area contributed by atoms with E-state index in [9.17, 15) is 31.1 Å². The number of carbonyl (C=O) groups excluding carboxylic acids is 1. The van der Waals surface area contributed by atoms with E-state index in [-0.39, 0.29) is 5.56 Å². The van der Waals surface area contributed by atoms with E-state index < -0.39 is 71.2 Å². The number of carbonyl (C=O) groups is 1. The van der Waals surface area contributed by atoms with Crippen molar-refractivity contribution in [2.24, 2.45) is 10.7 Å². The van der Waals surface area contributed by atoms with Crippen LogP contribution in [0.2, 0.25) is 0 Å². The van der Waals surface area contributed by atoms with Crippen molar-refractivity contribution in [3.05, 3.63) is 63.1 Å². The largest absolute Gasteiger partial charge is 0.452 e. The zero-order valence-electron chi connectivity index (χ0n) is 15.7. The first-order valence-corrected chi connectivity index (χ1v) is 9.51. The van der Waals surface area contributed by atoms with Gasteiger partial charge in [0, 0.05) is 29.1 Å². The molecule has 3 rings (SSSR count). The van der Waals surface area contributed by atoms with Gasteiger partial charge in [-0.3, -0.25) is 4.79 Å². The standard InChI is InChI=1S/C19H14BrF6N3O2/c1-18(6-14(19(24,25)26)31-17(27)29-18)10-2-8(3-11(21)15(10)23)4-13(30)16-12(22)5-9(20)7-28-16/h2-3,5,7,14H,4,6H2,1H3,(H2,27,29)/t14-,18-/m0/s1. The van der Waals surface area contributed by atoms with Gasteiger partial charge in [-0.15, -0.1) is 0 Å². The number of hydrogen-bond donors (Lipinski definition) is 1. The lowest BCUT2D eigenvalue weighted by molar-refractivity contribution is -0.208. The molecule has 2 heterocycles. The molecule has 2 atom stereocenters. The predicted octanol–water partition coefficient (Wildman–Crippen LogP) is 4.57. The third kappa shape index (κ3) is 4.83. The van der Waals surface area contributed by atoms with Crippen molar-refractivity contribution in [2.45, 2.75) is 37.6 Å². The van der Waals surface area contributed by atoms with Gasteiger partial charge in [0.15, 0.2) is 29.3 Å². The van der Waals surface area contributed by atoms with Crippen LogP contribution in [0.1, 0.15) is 35.0 Å². The van der Waals surface area contributed by atoms with Gasteiger partial charge in [0.05, 0.1) is 5.54 Å². The number of ether oxygens (including phenoxy) is 1. The van der Waals surface area contributed by atoms with Crippen molar-refractivity contribution in [2.75, 3.05) is 0 Å². The molecule has 0 spiro atoms. The quantitative estimate of drug-likeness (QED) is 0.483. The molecule has 0 fully saturated rings. The highest BCUT2D eigenvalue weighted by atomic mass is 79.9. The molecule has 12 heteroatoms. The fourth-order valence-corrected chi connectivity index (χ4v) is 3.55. The van der Waals surface area contributed by atoms with Gasteiger partial charge in [-0.05, 0) is 46.6 Å². The number of benzene rings is 1. The van der Waals surface area contributed by atoms with Crippen molar-refractivity contribution in [3.8, 4) is 0 Å². The summed E-state index contributed by atoms with van der Waals surface area (Å²) in [7, 11) is 0. The second-order valence-electron chi connectivity index (χ2n) is 7.10. The Bertz CT molecular complexity index is 1080. The van der Waals surface area contributed by atoms with E-state index >= 15 is 0 Å². The third-order valence-corrected chi connectivity index (χ3v) is 5.11. The van der Waals surface area contributed by atoms with Crippen LogP contribution in [-0.4, -0.2) is 29.1 Å². The van der Waals surface area contributed by atoms with E-state index in [1.54, 1.807) is 0 Å². The van der Waals surface area contributed by atoms with Gasteiger partial charge in [0.2, 0.25) is 0 Å². The zero-order valence-corrected chi connectivity index (χ0v) is 17.3. The number of nitrogens with zero attached hydrogens (tertiary/aromatic N) is 2. The van der Waals surface area contributed by atoms with Crippen LogP contribution in [-0.2, 0) is 16.7 Å². The second kappa shape index (κ2) is 8.13. The average Bonchev–Trinajstić information content (AvgIpc) is 2.62. The average molecular weight is 510 g/mol. The highest BCUT2D eigenvalue weighted by Crippen LogP contribution is 2.41. The molecular formula is C19H14BrF6N3O2. The molecule has 0 unspecified atom stereocenters. The van der Waals surface area contributed by atoms with Gasteiger partial charge < -0.3 is 10.5 Å². The minimum absolute atomic E-state index is 0.104. The van der Waals surface area contributed by atoms with E-state index in [4.69, 9.17) is 5.73 Å². The topological polar surface area (TPSA) is 77.6 Å². The van der Waals surface area contributed by atoms with E-state index in [2.05, 4.69) is 30.6 Å². The molecule has 2 N–H and O–H groups in total. The van der Waals surface area contributed by atoms with E-state index in [0.29, 0.717) is 10.5 Å². The molecule has 0 radical (unpaired) electrons. The summed E-state index contributed by atoms with van der Waals surface area (Å²) in [6.07, 6.45) is -7.47. The Morgan fingerprint density at radius 2 is 1.94 bits per heavy atom. The summed E-state index contributed by atoms with van der Waals surface area (Å²) in [5, 5.41) is 0. The maximum atomic E-state index is 14.6. The fraction of sp³-hybridized carbons (Fsp3) is 0.316. The molecular weight excluding hydrogens is 496 g/mol. The van der Waals surface area contributed by atoms with Crippen molar-refractivity contribution < 1.29 is 35.9 Å². The normalized spacial score (nSPS) is 21.4. The Kier molecular flexibility index (Phi) is 6.05. The molecule has 1 aromatic carbocycles. The molecule has 1 aliphatic heterocycles. The number of aliphatic imine (C=N–C) groups is 1. The van der Waals surface area contributed by atoms with Crippen LogP contribution in [0.3, 0.4) is 0 Å². The molecule has 166 valence electrons. The summed E-state index contributed by atoms with van der Waals surface area (Å²) >= 11 is 2.99. The van der Waals surface area contributed by atoms with Gasteiger partial charge in [-0.1, -0.05) is 0 Å². The van der Waals surface area contributed by atoms with E-state index in [1.807, 2.05) is 0 Å². The van der Waals surface area contributed by atoms with Crippen molar-refractivity contribution in [3.63, 3.8) is 0 Å². The number of nitrogens with two attached hydrogens (primary N) is 1. The number of pyridine rings is 1. The van der Waals surface area contributed by atoms with Gasteiger partial charge in [-0.2, -0.15) is 13.2 Å². The van der Waals surface area contributed by atoms with Crippen LogP contribution in [0.25, 0.3) is 0 Å². The highest BCUT2D eigenvalue weighted by Gasteiger charge is 2.50. The van der Waals surface area contributed by atoms with Crippen LogP contribution < -0.4 is 5.73 Å². The summed E-state index contributed by atoms with van der Waals surface area (Å²) in [4.78, 5) is 19.8. The number of Topliss-reactive ketones (excluding diaryl/α,β-unsaturated/α-hetero) is 1. The second-order valence-corrected chi connectivity index (χ2v) is 8.01. The predicted molar refractivity (Wildman–Crippen MR) is 101 cm³/mol. The summed E-state index contributed by atoms with van der Waals surface area (Å²) in [6, 6.07) is 1.88. The molecule has 0 saturated carbocycles. The lowest BCUT2D eigenvalue weighted by atomic mass is 9.84. The van der Waals surface area contributed by atoms with Crippen molar-refractivity contribution in [1.29, 1.82) is 0 Å². The highest BCUT2D eigenvalue weighted by molar-refractivity contribution is 9.10. The van der Waals surface area contributed by atoms with Crippen LogP contribution in [0, 0.1) is 17.5 Å². The molecule has 0 aliphatic carbocycles. The molecule has 1 aromatic heterocycles. The van der Waals surface area contributed by atoms with Gasteiger partial charge in [0.25, 0.3) is 6.02 Å². The minimum Gasteiger partial charge on any atom is -0.452 e. The lowest BCUT2D eigenvalue weighted by Crippen LogP contribution is -2.46. The number of amidine groups is 1. The summed E-state index contributed by atoms with van der Waals surface area (Å²) < 4.78 is 87.1. The first kappa shape index (κ1) is 23.0. The van der Waals surface area contributed by atoms with Crippen LogP contribution >= 0.6 is 15.9 Å².